The van der Waals surface area contributed by atoms with Crippen molar-refractivity contribution in [1.82, 2.24) is 5.32 Å². The predicted octanol–water partition coefficient (Wildman–Crippen LogP) is -0.0479. The van der Waals surface area contributed by atoms with E-state index in [4.69, 9.17) is 10.8 Å². The second kappa shape index (κ2) is 6.60. The summed E-state index contributed by atoms with van der Waals surface area (Å²) in [5.74, 6) is -5.20. The topological polar surface area (TPSA) is 109 Å². The quantitative estimate of drug-likeness (QED) is 0.681. The summed E-state index contributed by atoms with van der Waals surface area (Å²) in [6, 6.07) is 1.43. The normalized spacial score (nSPS) is 11.7. The van der Waals surface area contributed by atoms with Crippen molar-refractivity contribution in [3.63, 3.8) is 0 Å². The van der Waals surface area contributed by atoms with Gasteiger partial charge in [-0.25, -0.2) is 13.6 Å². The van der Waals surface area contributed by atoms with Gasteiger partial charge in [0, 0.05) is 0 Å². The third kappa shape index (κ3) is 4.63. The average Bonchev–Trinajstić information content (AvgIpc) is 2.32. The van der Waals surface area contributed by atoms with Gasteiger partial charge in [0.1, 0.15) is 6.04 Å². The number of carbonyl (C=O) groups is 3. The third-order valence-corrected chi connectivity index (χ3v) is 2.39. The number of nitrogens with one attached hydrogen (secondary N) is 1. The maximum atomic E-state index is 12.9. The molecule has 2 amide bonds. The van der Waals surface area contributed by atoms with Gasteiger partial charge in [-0.05, 0) is 17.7 Å². The summed E-state index contributed by atoms with van der Waals surface area (Å²) in [5.41, 5.74) is 5.02. The molecule has 108 valence electrons. The molecule has 1 aromatic carbocycles. The summed E-state index contributed by atoms with van der Waals surface area (Å²) in [4.78, 5) is 33.0. The highest BCUT2D eigenvalue weighted by Crippen LogP contribution is 2.09. The zero-order valence-corrected chi connectivity index (χ0v) is 10.2. The molecule has 1 unspecified atom stereocenters. The zero-order valence-electron chi connectivity index (χ0n) is 10.2. The van der Waals surface area contributed by atoms with Gasteiger partial charge in [-0.3, -0.25) is 9.59 Å². The summed E-state index contributed by atoms with van der Waals surface area (Å²) in [5, 5.41) is 10.9. The minimum absolute atomic E-state index is 0.171. The zero-order chi connectivity index (χ0) is 15.3. The van der Waals surface area contributed by atoms with Gasteiger partial charge in [0.15, 0.2) is 11.6 Å². The number of primary amides is 1. The first-order valence-corrected chi connectivity index (χ1v) is 5.54. The summed E-state index contributed by atoms with van der Waals surface area (Å²) >= 11 is 0. The molecule has 0 aliphatic rings. The fraction of sp³-hybridized carbons (Fsp3) is 0.250. The van der Waals surface area contributed by atoms with Crippen molar-refractivity contribution >= 4 is 17.8 Å². The van der Waals surface area contributed by atoms with Crippen LogP contribution in [0.4, 0.5) is 8.78 Å². The van der Waals surface area contributed by atoms with Crippen LogP contribution in [0.1, 0.15) is 12.0 Å². The van der Waals surface area contributed by atoms with Crippen molar-refractivity contribution in [2.45, 2.75) is 18.9 Å². The lowest BCUT2D eigenvalue weighted by Crippen LogP contribution is -2.43. The third-order valence-electron chi connectivity index (χ3n) is 2.39. The molecule has 6 nitrogen and oxygen atoms in total. The van der Waals surface area contributed by atoms with Crippen LogP contribution in [0.2, 0.25) is 0 Å². The summed E-state index contributed by atoms with van der Waals surface area (Å²) in [6.07, 6.45) is -0.904. The molecule has 0 aliphatic heterocycles. The smallest absolute Gasteiger partial charge is 0.326 e. The number of carboxylic acid groups (broad SMARTS) is 1. The van der Waals surface area contributed by atoms with Crippen molar-refractivity contribution < 1.29 is 28.3 Å². The molecule has 0 saturated carbocycles. The molecule has 0 fully saturated rings. The van der Waals surface area contributed by atoms with E-state index in [0.717, 1.165) is 12.1 Å². The van der Waals surface area contributed by atoms with Gasteiger partial charge < -0.3 is 16.2 Å². The van der Waals surface area contributed by atoms with Gasteiger partial charge in [0.05, 0.1) is 12.8 Å². The molecule has 0 aromatic heterocycles. The van der Waals surface area contributed by atoms with Crippen LogP contribution in [0.3, 0.4) is 0 Å². The fourth-order valence-electron chi connectivity index (χ4n) is 1.48. The van der Waals surface area contributed by atoms with Gasteiger partial charge in [0.2, 0.25) is 11.8 Å². The van der Waals surface area contributed by atoms with E-state index in [9.17, 15) is 23.2 Å². The Bertz CT molecular complexity index is 548. The fourth-order valence-corrected chi connectivity index (χ4v) is 1.48. The van der Waals surface area contributed by atoms with Crippen LogP contribution in [-0.4, -0.2) is 28.9 Å². The molecule has 1 rings (SSSR count). The monoisotopic (exact) mass is 286 g/mol. The van der Waals surface area contributed by atoms with Gasteiger partial charge in [-0.1, -0.05) is 6.07 Å². The molecule has 0 spiro atoms. The Morgan fingerprint density at radius 3 is 2.40 bits per heavy atom. The molecule has 4 N–H and O–H groups in total. The standard InChI is InChI=1S/C12H12F2N2O4/c13-7-2-1-6(3-8(7)14)4-11(18)16-9(12(19)20)5-10(15)17/h1-3,9H,4-5H2,(H2,15,17)(H,16,18)(H,19,20). The summed E-state index contributed by atoms with van der Waals surface area (Å²) in [7, 11) is 0. The molecule has 0 saturated heterocycles. The second-order valence-corrected chi connectivity index (χ2v) is 4.05. The minimum Gasteiger partial charge on any atom is -0.480 e. The maximum absolute atomic E-state index is 12.9. The molecular weight excluding hydrogens is 274 g/mol. The molecule has 0 bridgehead atoms. The highest BCUT2D eigenvalue weighted by molar-refractivity contribution is 5.88. The van der Waals surface area contributed by atoms with Crippen molar-refractivity contribution in [3.8, 4) is 0 Å². The van der Waals surface area contributed by atoms with E-state index in [1.165, 1.54) is 6.07 Å². The summed E-state index contributed by atoms with van der Waals surface area (Å²) < 4.78 is 25.6. The number of benzene rings is 1. The Labute approximate surface area is 112 Å². The van der Waals surface area contributed by atoms with Crippen LogP contribution in [0.15, 0.2) is 18.2 Å². The Balaban J connectivity index is 2.67. The Morgan fingerprint density at radius 1 is 1.25 bits per heavy atom. The van der Waals surface area contributed by atoms with Crippen molar-refractivity contribution in [3.05, 3.63) is 35.4 Å². The number of nitrogens with two attached hydrogens (primary N) is 1. The van der Waals surface area contributed by atoms with E-state index in [1.807, 2.05) is 0 Å². The van der Waals surface area contributed by atoms with Gasteiger partial charge in [-0.2, -0.15) is 0 Å². The molecule has 0 heterocycles. The largest absolute Gasteiger partial charge is 0.480 e. The van der Waals surface area contributed by atoms with E-state index in [1.54, 1.807) is 0 Å². The van der Waals surface area contributed by atoms with E-state index >= 15 is 0 Å². The van der Waals surface area contributed by atoms with Gasteiger partial charge >= 0.3 is 5.97 Å². The van der Waals surface area contributed by atoms with Gasteiger partial charge in [-0.15, -0.1) is 0 Å². The van der Waals surface area contributed by atoms with E-state index < -0.39 is 41.9 Å². The predicted molar refractivity (Wildman–Crippen MR) is 63.4 cm³/mol. The molecule has 0 aliphatic carbocycles. The van der Waals surface area contributed by atoms with Crippen molar-refractivity contribution in [2.75, 3.05) is 0 Å². The molecule has 1 aromatic rings. The van der Waals surface area contributed by atoms with Crippen LogP contribution in [-0.2, 0) is 20.8 Å². The Hall–Kier alpha value is -2.51. The van der Waals surface area contributed by atoms with E-state index in [2.05, 4.69) is 5.32 Å². The number of hydrogen-bond acceptors (Lipinski definition) is 3. The first kappa shape index (κ1) is 15.5. The Kier molecular flexibility index (Phi) is 5.13. The number of halogens is 2. The van der Waals surface area contributed by atoms with Crippen LogP contribution in [0, 0.1) is 11.6 Å². The van der Waals surface area contributed by atoms with Crippen molar-refractivity contribution in [1.29, 1.82) is 0 Å². The summed E-state index contributed by atoms with van der Waals surface area (Å²) in [6.45, 7) is 0. The van der Waals surface area contributed by atoms with E-state index in [-0.39, 0.29) is 12.0 Å². The SMILES string of the molecule is NC(=O)CC(NC(=O)Cc1ccc(F)c(F)c1)C(=O)O. The maximum Gasteiger partial charge on any atom is 0.326 e. The molecular formula is C12H12F2N2O4. The highest BCUT2D eigenvalue weighted by atomic mass is 19.2. The lowest BCUT2D eigenvalue weighted by molar-refractivity contribution is -0.143. The van der Waals surface area contributed by atoms with Crippen LogP contribution < -0.4 is 11.1 Å². The highest BCUT2D eigenvalue weighted by Gasteiger charge is 2.22. The first-order chi connectivity index (χ1) is 9.29. The average molecular weight is 286 g/mol. The number of amides is 2. The second-order valence-electron chi connectivity index (χ2n) is 4.05. The van der Waals surface area contributed by atoms with Crippen LogP contribution >= 0.6 is 0 Å². The Morgan fingerprint density at radius 2 is 1.90 bits per heavy atom. The number of hydrogen-bond donors (Lipinski definition) is 3. The van der Waals surface area contributed by atoms with Crippen molar-refractivity contribution in [2.24, 2.45) is 5.73 Å². The van der Waals surface area contributed by atoms with Crippen LogP contribution in [0.5, 0.6) is 0 Å². The molecule has 20 heavy (non-hydrogen) atoms. The number of carboxylic acids is 1. The number of aliphatic carboxylic acids is 1. The van der Waals surface area contributed by atoms with Gasteiger partial charge in [0.25, 0.3) is 0 Å². The van der Waals surface area contributed by atoms with E-state index in [0.29, 0.717) is 0 Å². The number of rotatable bonds is 6. The lowest BCUT2D eigenvalue weighted by Gasteiger charge is -2.12. The minimum atomic E-state index is -1.45. The molecule has 0 radical (unpaired) electrons. The molecule has 8 heteroatoms. The lowest BCUT2D eigenvalue weighted by atomic mass is 10.1. The molecule has 1 atom stereocenters. The first-order valence-electron chi connectivity index (χ1n) is 5.54. The number of carbonyl (C=O) groups excluding carboxylic acids is 2. The van der Waals surface area contributed by atoms with Crippen LogP contribution in [0.25, 0.3) is 0 Å².